The molecule has 0 aliphatic carbocycles. The van der Waals surface area contributed by atoms with E-state index in [1.807, 2.05) is 0 Å². The Kier molecular flexibility index (Phi) is 46.2. The maximum Gasteiger partial charge on any atom is 0.306 e. The van der Waals surface area contributed by atoms with Crippen LogP contribution in [0.2, 0.25) is 0 Å². The maximum absolute atomic E-state index is 13.2. The molecule has 6 nitrogen and oxygen atoms in total. The SMILES string of the molecule is CC/C=C/C/C=C/C/C=C/CCCCCCCCC(=O)OC(CCCCCC/C=C\C/C=C\C/C=C\CCCCC)CC(=O)NC(CO)C(O)CCCCCCCCCCC. The lowest BCUT2D eigenvalue weighted by atomic mass is 10.0. The average Bonchev–Trinajstić information content (AvgIpc) is 3.25. The van der Waals surface area contributed by atoms with Gasteiger partial charge in [-0.1, -0.05) is 203 Å². The summed E-state index contributed by atoms with van der Waals surface area (Å²) in [7, 11) is 0. The minimum Gasteiger partial charge on any atom is -0.462 e. The number of aliphatic hydroxyl groups is 2. The van der Waals surface area contributed by atoms with Gasteiger partial charge in [0.1, 0.15) is 6.10 Å². The number of aliphatic hydroxyl groups excluding tert-OH is 2. The van der Waals surface area contributed by atoms with Gasteiger partial charge in [0.15, 0.2) is 0 Å². The fraction of sp³-hybridized carbons (Fsp3) is 0.745. The predicted octanol–water partition coefficient (Wildman–Crippen LogP) is 15.4. The summed E-state index contributed by atoms with van der Waals surface area (Å²) in [6.07, 6.45) is 61.0. The molecule has 3 N–H and O–H groups in total. The molecule has 0 spiro atoms. The molecule has 61 heavy (non-hydrogen) atoms. The number of amides is 1. The number of hydrogen-bond acceptors (Lipinski definition) is 5. The molecule has 1 amide bonds. The van der Waals surface area contributed by atoms with Crippen LogP contribution in [-0.4, -0.2) is 46.9 Å². The van der Waals surface area contributed by atoms with E-state index >= 15 is 0 Å². The minimum atomic E-state index is -0.798. The molecule has 0 fully saturated rings. The Labute approximate surface area is 377 Å². The van der Waals surface area contributed by atoms with E-state index < -0.39 is 18.2 Å². The van der Waals surface area contributed by atoms with Crippen molar-refractivity contribution in [2.24, 2.45) is 0 Å². The second kappa shape index (κ2) is 48.3. The molecule has 0 rings (SSSR count). The summed E-state index contributed by atoms with van der Waals surface area (Å²) in [5, 5.41) is 23.7. The van der Waals surface area contributed by atoms with Gasteiger partial charge in [-0.25, -0.2) is 0 Å². The smallest absolute Gasteiger partial charge is 0.306 e. The number of allylic oxidation sites excluding steroid dienone is 12. The molecule has 6 heteroatoms. The standard InChI is InChI=1S/C55H97NO5/c1-4-7-10-13-16-19-21-23-25-27-28-30-32-35-37-40-43-46-51(49-54(59)56-52(50-57)53(58)47-44-41-38-34-18-15-12-9-6-3)61-55(60)48-45-42-39-36-33-31-29-26-24-22-20-17-14-11-8-5-2/h8,11,16-17,19-20,23-26,28,30,51-53,57-58H,4-7,9-10,12-15,18,21-22,27,29,31-50H2,1-3H3,(H,56,59)/b11-8+,19-16-,20-17+,25-23-,26-24+,30-28-. The van der Waals surface area contributed by atoms with E-state index in [9.17, 15) is 19.8 Å². The first-order valence-corrected chi connectivity index (χ1v) is 25.7. The van der Waals surface area contributed by atoms with Gasteiger partial charge in [0, 0.05) is 6.42 Å². The largest absolute Gasteiger partial charge is 0.462 e. The van der Waals surface area contributed by atoms with Crippen molar-refractivity contribution in [2.45, 2.75) is 257 Å². The van der Waals surface area contributed by atoms with Crippen LogP contribution in [0.3, 0.4) is 0 Å². The quantitative estimate of drug-likeness (QED) is 0.0322. The van der Waals surface area contributed by atoms with E-state index in [-0.39, 0.29) is 24.9 Å². The van der Waals surface area contributed by atoms with Gasteiger partial charge in [0.05, 0.1) is 25.2 Å². The van der Waals surface area contributed by atoms with Gasteiger partial charge in [-0.3, -0.25) is 9.59 Å². The van der Waals surface area contributed by atoms with Crippen molar-refractivity contribution in [2.75, 3.05) is 6.61 Å². The number of rotatable bonds is 45. The molecule has 0 aliphatic rings. The highest BCUT2D eigenvalue weighted by Crippen LogP contribution is 2.17. The van der Waals surface area contributed by atoms with E-state index in [0.29, 0.717) is 19.3 Å². The number of ether oxygens (including phenoxy) is 1. The molecule has 3 unspecified atom stereocenters. The fourth-order valence-corrected chi connectivity index (χ4v) is 7.39. The van der Waals surface area contributed by atoms with E-state index in [2.05, 4.69) is 99.0 Å². The van der Waals surface area contributed by atoms with Crippen LogP contribution >= 0.6 is 0 Å². The lowest BCUT2D eigenvalue weighted by Crippen LogP contribution is -2.46. The van der Waals surface area contributed by atoms with E-state index in [1.165, 1.54) is 83.5 Å². The second-order valence-corrected chi connectivity index (χ2v) is 17.2. The van der Waals surface area contributed by atoms with Crippen molar-refractivity contribution < 1.29 is 24.5 Å². The van der Waals surface area contributed by atoms with Crippen LogP contribution in [0.1, 0.15) is 239 Å². The Morgan fingerprint density at radius 1 is 0.492 bits per heavy atom. The molecule has 0 aromatic rings. The number of carbonyl (C=O) groups is 2. The predicted molar refractivity (Wildman–Crippen MR) is 264 cm³/mol. The Bertz CT molecular complexity index is 1140. The minimum absolute atomic E-state index is 0.0545. The zero-order chi connectivity index (χ0) is 44.5. The van der Waals surface area contributed by atoms with E-state index in [1.54, 1.807) is 0 Å². The second-order valence-electron chi connectivity index (χ2n) is 17.2. The van der Waals surface area contributed by atoms with Crippen molar-refractivity contribution in [3.8, 4) is 0 Å². The third-order valence-corrected chi connectivity index (χ3v) is 11.3. The summed E-state index contributed by atoms with van der Waals surface area (Å²) < 4.78 is 5.92. The first-order valence-electron chi connectivity index (χ1n) is 25.7. The molecule has 0 radical (unpaired) electrons. The van der Waals surface area contributed by atoms with Gasteiger partial charge in [-0.05, 0) is 96.3 Å². The summed E-state index contributed by atoms with van der Waals surface area (Å²) >= 11 is 0. The average molecular weight is 852 g/mol. The van der Waals surface area contributed by atoms with Crippen LogP contribution in [0, 0.1) is 0 Å². The Balaban J connectivity index is 4.66. The van der Waals surface area contributed by atoms with Crippen LogP contribution in [0.5, 0.6) is 0 Å². The molecular weight excluding hydrogens is 755 g/mol. The van der Waals surface area contributed by atoms with Gasteiger partial charge < -0.3 is 20.3 Å². The van der Waals surface area contributed by atoms with Crippen LogP contribution in [0.15, 0.2) is 72.9 Å². The first-order chi connectivity index (χ1) is 30.0. The van der Waals surface area contributed by atoms with Crippen molar-refractivity contribution in [3.05, 3.63) is 72.9 Å². The molecule has 0 saturated heterocycles. The Hall–Kier alpha value is -2.70. The highest BCUT2D eigenvalue weighted by molar-refractivity contribution is 5.77. The molecule has 3 atom stereocenters. The van der Waals surface area contributed by atoms with E-state index in [0.717, 1.165) is 109 Å². The Morgan fingerprint density at radius 3 is 1.38 bits per heavy atom. The number of nitrogens with one attached hydrogen (secondary N) is 1. The van der Waals surface area contributed by atoms with E-state index in [4.69, 9.17) is 4.74 Å². The van der Waals surface area contributed by atoms with Gasteiger partial charge in [-0.15, -0.1) is 0 Å². The van der Waals surface area contributed by atoms with Gasteiger partial charge in [-0.2, -0.15) is 0 Å². The molecule has 352 valence electrons. The molecule has 0 aromatic heterocycles. The molecule has 0 saturated carbocycles. The topological polar surface area (TPSA) is 95.9 Å². The van der Waals surface area contributed by atoms with Gasteiger partial charge in [0.25, 0.3) is 0 Å². The fourth-order valence-electron chi connectivity index (χ4n) is 7.39. The van der Waals surface area contributed by atoms with Gasteiger partial charge in [0.2, 0.25) is 5.91 Å². The van der Waals surface area contributed by atoms with Gasteiger partial charge >= 0.3 is 5.97 Å². The highest BCUT2D eigenvalue weighted by Gasteiger charge is 2.24. The number of esters is 1. The summed E-state index contributed by atoms with van der Waals surface area (Å²) in [6, 6.07) is -0.713. The maximum atomic E-state index is 13.2. The number of carbonyl (C=O) groups excluding carboxylic acids is 2. The zero-order valence-electron chi connectivity index (χ0n) is 40.0. The third-order valence-electron chi connectivity index (χ3n) is 11.3. The Morgan fingerprint density at radius 2 is 0.885 bits per heavy atom. The summed E-state index contributed by atoms with van der Waals surface area (Å²) in [6.45, 7) is 6.31. The molecule has 0 heterocycles. The normalized spacial score (nSPS) is 13.9. The molecular formula is C55H97NO5. The highest BCUT2D eigenvalue weighted by atomic mass is 16.5. The van der Waals surface area contributed by atoms with Crippen molar-refractivity contribution in [1.82, 2.24) is 5.32 Å². The number of unbranched alkanes of at least 4 members (excludes halogenated alkanes) is 21. The third kappa shape index (κ3) is 43.7. The summed E-state index contributed by atoms with van der Waals surface area (Å²) in [5.74, 6) is -0.513. The van der Waals surface area contributed by atoms with Crippen LogP contribution in [0.25, 0.3) is 0 Å². The molecule has 0 bridgehead atoms. The first kappa shape index (κ1) is 58.3. The van der Waals surface area contributed by atoms with Crippen LogP contribution < -0.4 is 5.32 Å². The lowest BCUT2D eigenvalue weighted by molar-refractivity contribution is -0.151. The number of hydrogen-bond donors (Lipinski definition) is 3. The summed E-state index contributed by atoms with van der Waals surface area (Å²) in [5.41, 5.74) is 0. The zero-order valence-corrected chi connectivity index (χ0v) is 40.0. The molecule has 0 aliphatic heterocycles. The lowest BCUT2D eigenvalue weighted by Gasteiger charge is -2.24. The van der Waals surface area contributed by atoms with Crippen molar-refractivity contribution in [3.63, 3.8) is 0 Å². The van der Waals surface area contributed by atoms with Crippen LogP contribution in [-0.2, 0) is 14.3 Å². The van der Waals surface area contributed by atoms with Crippen molar-refractivity contribution in [1.29, 1.82) is 0 Å². The summed E-state index contributed by atoms with van der Waals surface area (Å²) in [4.78, 5) is 26.1. The molecule has 0 aromatic carbocycles. The monoisotopic (exact) mass is 852 g/mol. The van der Waals surface area contributed by atoms with Crippen molar-refractivity contribution >= 4 is 11.9 Å². The van der Waals surface area contributed by atoms with Crippen LogP contribution in [0.4, 0.5) is 0 Å².